The number of hydrogen-bond donors (Lipinski definition) is 0. The van der Waals surface area contributed by atoms with E-state index in [1.165, 1.54) is 7.11 Å². The Balaban J connectivity index is 2.82. The van der Waals surface area contributed by atoms with Gasteiger partial charge in [0.1, 0.15) is 0 Å². The maximum Gasteiger partial charge on any atom is 0.314 e. The Morgan fingerprint density at radius 1 is 1.04 bits per heavy atom. The topological polar surface area (TPSA) is 35.5 Å². The van der Waals surface area contributed by atoms with Crippen molar-refractivity contribution in [1.29, 1.82) is 0 Å². The SMILES string of the molecule is COC(=O)C(C)(C)C(O[Si](C)(C)C)(c1ccccc1)c1ccc[cH-]1. The summed E-state index contributed by atoms with van der Waals surface area (Å²) in [7, 11) is -0.578. The highest BCUT2D eigenvalue weighted by Gasteiger charge is 2.54. The van der Waals surface area contributed by atoms with Crippen LogP contribution in [0.1, 0.15) is 25.0 Å². The van der Waals surface area contributed by atoms with Crippen molar-refractivity contribution in [2.45, 2.75) is 39.1 Å². The number of carbonyl (C=O) groups excluding carboxylic acids is 1. The maximum atomic E-state index is 12.7. The molecule has 2 rings (SSSR count). The first kappa shape index (κ1) is 18.6. The minimum atomic E-state index is -2.01. The minimum Gasteiger partial charge on any atom is -0.469 e. The number of ether oxygens (including phenoxy) is 1. The summed E-state index contributed by atoms with van der Waals surface area (Å²) in [6.07, 6.45) is 0. The predicted octanol–water partition coefficient (Wildman–Crippen LogP) is 4.70. The lowest BCUT2D eigenvalue weighted by molar-refractivity contribution is -0.163. The molecule has 0 N–H and O–H groups in total. The summed E-state index contributed by atoms with van der Waals surface area (Å²) < 4.78 is 11.9. The van der Waals surface area contributed by atoms with E-state index in [1.54, 1.807) is 0 Å². The molecule has 130 valence electrons. The van der Waals surface area contributed by atoms with Gasteiger partial charge in [-0.25, -0.2) is 12.1 Å². The van der Waals surface area contributed by atoms with Crippen LogP contribution in [0.4, 0.5) is 0 Å². The Labute approximate surface area is 146 Å². The maximum absolute atomic E-state index is 12.7. The van der Waals surface area contributed by atoms with E-state index in [0.717, 1.165) is 11.1 Å². The van der Waals surface area contributed by atoms with Gasteiger partial charge in [-0.05, 0) is 39.1 Å². The fourth-order valence-corrected chi connectivity index (χ4v) is 4.68. The van der Waals surface area contributed by atoms with E-state index in [-0.39, 0.29) is 5.97 Å². The molecular formula is C20H27O3Si-. The van der Waals surface area contributed by atoms with Gasteiger partial charge in [0.25, 0.3) is 0 Å². The Morgan fingerprint density at radius 2 is 1.67 bits per heavy atom. The van der Waals surface area contributed by atoms with Crippen molar-refractivity contribution >= 4 is 14.3 Å². The lowest BCUT2D eigenvalue weighted by atomic mass is 9.67. The summed E-state index contributed by atoms with van der Waals surface area (Å²) in [4.78, 5) is 12.7. The first-order valence-corrected chi connectivity index (χ1v) is 11.6. The zero-order chi connectivity index (χ0) is 18.0. The zero-order valence-corrected chi connectivity index (χ0v) is 16.4. The number of hydrogen-bond acceptors (Lipinski definition) is 3. The second-order valence-corrected chi connectivity index (χ2v) is 12.0. The molecule has 0 aliphatic heterocycles. The molecule has 0 aliphatic carbocycles. The van der Waals surface area contributed by atoms with Crippen LogP contribution in [0.2, 0.25) is 19.6 Å². The van der Waals surface area contributed by atoms with Crippen molar-refractivity contribution in [2.24, 2.45) is 5.41 Å². The van der Waals surface area contributed by atoms with Gasteiger partial charge in [0, 0.05) is 0 Å². The standard InChI is InChI=1S/C20H27O3Si/c1-19(2,18(21)22-3)20(23-24(4,5)6,17-14-10-11-15-17)16-12-8-7-9-13-16/h7-15H,1-6H3/q-1. The fraction of sp³-hybridized carbons (Fsp3) is 0.400. The second-order valence-electron chi connectivity index (χ2n) is 7.55. The van der Waals surface area contributed by atoms with Crippen molar-refractivity contribution in [3.05, 3.63) is 65.7 Å². The van der Waals surface area contributed by atoms with Crippen LogP contribution < -0.4 is 0 Å². The van der Waals surface area contributed by atoms with Gasteiger partial charge in [0.2, 0.25) is 0 Å². The average Bonchev–Trinajstić information content (AvgIpc) is 3.06. The van der Waals surface area contributed by atoms with Crippen molar-refractivity contribution < 1.29 is 14.0 Å². The molecule has 0 saturated carbocycles. The van der Waals surface area contributed by atoms with Crippen molar-refractivity contribution in [3.8, 4) is 0 Å². The van der Waals surface area contributed by atoms with E-state index in [9.17, 15) is 4.79 Å². The van der Waals surface area contributed by atoms with Crippen LogP contribution in [0.25, 0.3) is 0 Å². The smallest absolute Gasteiger partial charge is 0.314 e. The van der Waals surface area contributed by atoms with Crippen LogP contribution in [0.5, 0.6) is 0 Å². The van der Waals surface area contributed by atoms with Gasteiger partial charge >= 0.3 is 5.97 Å². The van der Waals surface area contributed by atoms with E-state index in [0.29, 0.717) is 0 Å². The Morgan fingerprint density at radius 3 is 2.12 bits per heavy atom. The molecule has 0 aliphatic rings. The number of esters is 1. The van der Waals surface area contributed by atoms with E-state index in [4.69, 9.17) is 9.16 Å². The van der Waals surface area contributed by atoms with Gasteiger partial charge in [-0.2, -0.15) is 12.1 Å². The summed E-state index contributed by atoms with van der Waals surface area (Å²) >= 11 is 0. The van der Waals surface area contributed by atoms with Crippen LogP contribution in [0, 0.1) is 5.41 Å². The largest absolute Gasteiger partial charge is 0.469 e. The fourth-order valence-electron chi connectivity index (χ4n) is 3.27. The third kappa shape index (κ3) is 3.21. The molecule has 0 fully saturated rings. The Bertz CT molecular complexity index is 669. The number of carbonyl (C=O) groups is 1. The molecule has 1 unspecified atom stereocenters. The molecule has 0 aromatic heterocycles. The van der Waals surface area contributed by atoms with E-state index in [1.807, 2.05) is 68.4 Å². The molecule has 3 nitrogen and oxygen atoms in total. The number of benzene rings is 1. The third-order valence-corrected chi connectivity index (χ3v) is 5.20. The average molecular weight is 344 g/mol. The highest BCUT2D eigenvalue weighted by atomic mass is 28.4. The monoisotopic (exact) mass is 343 g/mol. The molecule has 0 amide bonds. The lowest BCUT2D eigenvalue weighted by Gasteiger charge is -2.50. The molecule has 0 spiro atoms. The summed E-state index contributed by atoms with van der Waals surface area (Å²) in [6, 6.07) is 18.0. The van der Waals surface area contributed by atoms with Gasteiger partial charge in [-0.3, -0.25) is 4.79 Å². The molecule has 0 bridgehead atoms. The minimum absolute atomic E-state index is 0.286. The summed E-state index contributed by atoms with van der Waals surface area (Å²) in [6.45, 7) is 10.2. The van der Waals surface area contributed by atoms with Gasteiger partial charge < -0.3 is 9.16 Å². The number of methoxy groups -OCH3 is 1. The lowest BCUT2D eigenvalue weighted by Crippen LogP contribution is -2.54. The van der Waals surface area contributed by atoms with Crippen molar-refractivity contribution in [2.75, 3.05) is 7.11 Å². The summed E-state index contributed by atoms with van der Waals surface area (Å²) in [5.74, 6) is -0.286. The van der Waals surface area contributed by atoms with Crippen molar-refractivity contribution in [1.82, 2.24) is 0 Å². The molecule has 0 heterocycles. The predicted molar refractivity (Wildman–Crippen MR) is 99.5 cm³/mol. The van der Waals surface area contributed by atoms with E-state index >= 15 is 0 Å². The van der Waals surface area contributed by atoms with Crippen molar-refractivity contribution in [3.63, 3.8) is 0 Å². The molecule has 24 heavy (non-hydrogen) atoms. The molecular weight excluding hydrogens is 316 g/mol. The molecule has 4 heteroatoms. The zero-order valence-electron chi connectivity index (χ0n) is 15.4. The highest BCUT2D eigenvalue weighted by Crippen LogP contribution is 2.50. The summed E-state index contributed by atoms with van der Waals surface area (Å²) in [5, 5.41) is 0. The van der Waals surface area contributed by atoms with Gasteiger partial charge in [-0.1, -0.05) is 30.3 Å². The molecule has 0 saturated heterocycles. The quantitative estimate of drug-likeness (QED) is 0.433. The normalized spacial score (nSPS) is 14.9. The molecule has 2 aromatic carbocycles. The molecule has 0 radical (unpaired) electrons. The Kier molecular flexibility index (Phi) is 5.11. The summed E-state index contributed by atoms with van der Waals surface area (Å²) in [5.41, 5.74) is 0.160. The third-order valence-electron chi connectivity index (χ3n) is 4.28. The molecule has 1 atom stereocenters. The molecule has 2 aromatic rings. The van der Waals surface area contributed by atoms with Gasteiger partial charge in [-0.15, -0.1) is 5.56 Å². The second kappa shape index (κ2) is 6.61. The van der Waals surface area contributed by atoms with Gasteiger partial charge in [0.15, 0.2) is 8.32 Å². The number of rotatable bonds is 6. The van der Waals surface area contributed by atoms with E-state index in [2.05, 4.69) is 19.6 Å². The van der Waals surface area contributed by atoms with E-state index < -0.39 is 19.3 Å². The van der Waals surface area contributed by atoms with Crippen LogP contribution in [0.15, 0.2) is 54.6 Å². The van der Waals surface area contributed by atoms with Crippen LogP contribution >= 0.6 is 0 Å². The van der Waals surface area contributed by atoms with Crippen LogP contribution in [-0.4, -0.2) is 21.4 Å². The first-order chi connectivity index (χ1) is 11.1. The Hall–Kier alpha value is -1.78. The van der Waals surface area contributed by atoms with Gasteiger partial charge in [0.05, 0.1) is 18.1 Å². The van der Waals surface area contributed by atoms with Crippen LogP contribution in [0.3, 0.4) is 0 Å². The first-order valence-electron chi connectivity index (χ1n) is 8.21. The van der Waals surface area contributed by atoms with Crippen LogP contribution in [-0.2, 0) is 19.6 Å². The highest BCUT2D eigenvalue weighted by molar-refractivity contribution is 6.69.